The van der Waals surface area contributed by atoms with Gasteiger partial charge in [-0.05, 0) is 44.5 Å². The fourth-order valence-electron chi connectivity index (χ4n) is 1.66. The average Bonchev–Trinajstić information content (AvgIpc) is 2.79. The van der Waals surface area contributed by atoms with Crippen molar-refractivity contribution in [3.8, 4) is 0 Å². The maximum Gasteiger partial charge on any atom is 0.0727 e. The fourth-order valence-corrected chi connectivity index (χ4v) is 2.62. The number of anilines is 1. The lowest BCUT2D eigenvalue weighted by Crippen LogP contribution is -2.01. The van der Waals surface area contributed by atoms with Gasteiger partial charge >= 0.3 is 0 Å². The minimum atomic E-state index is 0.410. The van der Waals surface area contributed by atoms with Crippen LogP contribution in [0.4, 0.5) is 5.69 Å². The first kappa shape index (κ1) is 13.0. The molecule has 0 spiro atoms. The Kier molecular flexibility index (Phi) is 3.97. The maximum absolute atomic E-state index is 5.96. The molecular formula is C14H19N3S. The minimum absolute atomic E-state index is 0.410. The van der Waals surface area contributed by atoms with Crippen LogP contribution in [-0.4, -0.2) is 9.78 Å². The lowest BCUT2D eigenvalue weighted by atomic mass is 10.2. The van der Waals surface area contributed by atoms with E-state index in [1.807, 2.05) is 23.0 Å². The second-order valence-corrected chi connectivity index (χ2v) is 5.73. The molecule has 0 saturated carbocycles. The van der Waals surface area contributed by atoms with Gasteiger partial charge in [0.15, 0.2) is 0 Å². The Balaban J connectivity index is 2.04. The number of aryl methyl sites for hydroxylation is 1. The number of benzene rings is 1. The van der Waals surface area contributed by atoms with E-state index in [1.165, 1.54) is 5.56 Å². The van der Waals surface area contributed by atoms with E-state index in [1.54, 1.807) is 11.8 Å². The van der Waals surface area contributed by atoms with Gasteiger partial charge in [0, 0.05) is 28.6 Å². The SMILES string of the molecule is Cc1ccc(N)c(SCc2ccn(C(C)C)n2)c1. The third-order valence-electron chi connectivity index (χ3n) is 2.74. The summed E-state index contributed by atoms with van der Waals surface area (Å²) >= 11 is 1.74. The van der Waals surface area contributed by atoms with Crippen LogP contribution in [0.15, 0.2) is 35.4 Å². The summed E-state index contributed by atoms with van der Waals surface area (Å²) in [6, 6.07) is 8.60. The summed E-state index contributed by atoms with van der Waals surface area (Å²) in [4.78, 5) is 1.13. The van der Waals surface area contributed by atoms with Gasteiger partial charge in [-0.3, -0.25) is 4.68 Å². The molecular weight excluding hydrogens is 242 g/mol. The summed E-state index contributed by atoms with van der Waals surface area (Å²) < 4.78 is 1.98. The molecule has 2 aromatic rings. The molecule has 1 aromatic heterocycles. The monoisotopic (exact) mass is 261 g/mol. The number of nitrogens with zero attached hydrogens (tertiary/aromatic N) is 2. The first-order valence-corrected chi connectivity index (χ1v) is 7.08. The largest absolute Gasteiger partial charge is 0.398 e. The van der Waals surface area contributed by atoms with Gasteiger partial charge in [-0.1, -0.05) is 6.07 Å². The van der Waals surface area contributed by atoms with E-state index >= 15 is 0 Å². The molecule has 0 unspecified atom stereocenters. The Morgan fingerprint density at radius 1 is 1.33 bits per heavy atom. The molecule has 0 saturated heterocycles. The van der Waals surface area contributed by atoms with Crippen LogP contribution in [0.1, 0.15) is 31.1 Å². The van der Waals surface area contributed by atoms with E-state index < -0.39 is 0 Å². The third-order valence-corrected chi connectivity index (χ3v) is 3.84. The highest BCUT2D eigenvalue weighted by Gasteiger charge is 2.05. The quantitative estimate of drug-likeness (QED) is 0.675. The maximum atomic E-state index is 5.96. The fraction of sp³-hybridized carbons (Fsp3) is 0.357. The molecule has 2 N–H and O–H groups in total. The van der Waals surface area contributed by atoms with E-state index in [0.717, 1.165) is 22.0 Å². The van der Waals surface area contributed by atoms with Gasteiger partial charge in [0.25, 0.3) is 0 Å². The highest BCUT2D eigenvalue weighted by Crippen LogP contribution is 2.28. The van der Waals surface area contributed by atoms with Crippen molar-refractivity contribution in [3.63, 3.8) is 0 Å². The van der Waals surface area contributed by atoms with Crippen molar-refractivity contribution in [2.24, 2.45) is 0 Å². The lowest BCUT2D eigenvalue weighted by Gasteiger charge is -2.06. The topological polar surface area (TPSA) is 43.8 Å². The normalized spacial score (nSPS) is 11.1. The van der Waals surface area contributed by atoms with Crippen LogP contribution in [0.3, 0.4) is 0 Å². The average molecular weight is 261 g/mol. The minimum Gasteiger partial charge on any atom is -0.398 e. The summed E-state index contributed by atoms with van der Waals surface area (Å²) in [6.45, 7) is 6.34. The van der Waals surface area contributed by atoms with Crippen LogP contribution >= 0.6 is 11.8 Å². The van der Waals surface area contributed by atoms with Crippen molar-refractivity contribution >= 4 is 17.4 Å². The summed E-state index contributed by atoms with van der Waals surface area (Å²) in [6.07, 6.45) is 2.03. The Morgan fingerprint density at radius 3 is 2.78 bits per heavy atom. The molecule has 0 bridgehead atoms. The van der Waals surface area contributed by atoms with Crippen molar-refractivity contribution in [3.05, 3.63) is 41.7 Å². The molecule has 2 rings (SSSR count). The van der Waals surface area contributed by atoms with Crippen molar-refractivity contribution in [1.29, 1.82) is 0 Å². The van der Waals surface area contributed by atoms with E-state index in [2.05, 4.69) is 38.0 Å². The Labute approximate surface area is 112 Å². The van der Waals surface area contributed by atoms with Crippen LogP contribution in [0.2, 0.25) is 0 Å². The van der Waals surface area contributed by atoms with Crippen LogP contribution in [0.5, 0.6) is 0 Å². The van der Waals surface area contributed by atoms with Crippen molar-refractivity contribution in [2.45, 2.75) is 37.5 Å². The molecule has 18 heavy (non-hydrogen) atoms. The second kappa shape index (κ2) is 5.48. The highest BCUT2D eigenvalue weighted by atomic mass is 32.2. The van der Waals surface area contributed by atoms with Gasteiger partial charge in [-0.2, -0.15) is 5.10 Å². The number of thioether (sulfide) groups is 1. The number of aromatic nitrogens is 2. The van der Waals surface area contributed by atoms with Crippen molar-refractivity contribution in [2.75, 3.05) is 5.73 Å². The smallest absolute Gasteiger partial charge is 0.0727 e. The van der Waals surface area contributed by atoms with Crippen LogP contribution in [0.25, 0.3) is 0 Å². The van der Waals surface area contributed by atoms with Crippen molar-refractivity contribution < 1.29 is 0 Å². The molecule has 0 aliphatic rings. The van der Waals surface area contributed by atoms with E-state index in [9.17, 15) is 0 Å². The number of hydrogen-bond acceptors (Lipinski definition) is 3. The molecule has 1 aromatic carbocycles. The zero-order chi connectivity index (χ0) is 13.1. The second-order valence-electron chi connectivity index (χ2n) is 4.71. The predicted molar refractivity (Wildman–Crippen MR) is 77.8 cm³/mol. The van der Waals surface area contributed by atoms with E-state index in [0.29, 0.717) is 6.04 Å². The molecule has 1 heterocycles. The third kappa shape index (κ3) is 3.07. The standard InChI is InChI=1S/C14H19N3S/c1-10(2)17-7-6-12(16-17)9-18-14-8-11(3)4-5-13(14)15/h4-8,10H,9,15H2,1-3H3. The molecule has 3 nitrogen and oxygen atoms in total. The Hall–Kier alpha value is -1.42. The highest BCUT2D eigenvalue weighted by molar-refractivity contribution is 7.98. The zero-order valence-electron chi connectivity index (χ0n) is 11.1. The summed E-state index contributed by atoms with van der Waals surface area (Å²) in [5.41, 5.74) is 9.13. The van der Waals surface area contributed by atoms with Crippen LogP contribution in [0, 0.1) is 6.92 Å². The number of nitrogens with two attached hydrogens (primary N) is 1. The molecule has 96 valence electrons. The number of nitrogen functional groups attached to an aromatic ring is 1. The van der Waals surface area contributed by atoms with Gasteiger partial charge in [0.05, 0.1) is 5.69 Å². The summed E-state index contributed by atoms with van der Waals surface area (Å²) in [5.74, 6) is 0.855. The van der Waals surface area contributed by atoms with Gasteiger partial charge < -0.3 is 5.73 Å². The zero-order valence-corrected chi connectivity index (χ0v) is 11.9. The summed E-state index contributed by atoms with van der Waals surface area (Å²) in [5, 5.41) is 4.53. The van der Waals surface area contributed by atoms with Crippen molar-refractivity contribution in [1.82, 2.24) is 9.78 Å². The first-order valence-electron chi connectivity index (χ1n) is 6.09. The van der Waals surface area contributed by atoms with Gasteiger partial charge in [-0.25, -0.2) is 0 Å². The molecule has 0 radical (unpaired) electrons. The van der Waals surface area contributed by atoms with Gasteiger partial charge in [-0.15, -0.1) is 11.8 Å². The predicted octanol–water partition coefficient (Wildman–Crippen LogP) is 3.65. The van der Waals surface area contributed by atoms with E-state index in [-0.39, 0.29) is 0 Å². The van der Waals surface area contributed by atoms with Gasteiger partial charge in [0.1, 0.15) is 0 Å². The molecule has 0 fully saturated rings. The van der Waals surface area contributed by atoms with Crippen LogP contribution < -0.4 is 5.73 Å². The Bertz CT molecular complexity index is 532. The van der Waals surface area contributed by atoms with Gasteiger partial charge in [0.2, 0.25) is 0 Å². The molecule has 0 atom stereocenters. The first-order chi connectivity index (χ1) is 8.56. The Morgan fingerprint density at radius 2 is 2.11 bits per heavy atom. The lowest BCUT2D eigenvalue weighted by molar-refractivity contribution is 0.529. The van der Waals surface area contributed by atoms with Crippen LogP contribution in [-0.2, 0) is 5.75 Å². The molecule has 4 heteroatoms. The number of hydrogen-bond donors (Lipinski definition) is 1. The molecule has 0 amide bonds. The number of rotatable bonds is 4. The molecule has 0 aliphatic heterocycles. The molecule has 0 aliphatic carbocycles. The summed E-state index contributed by atoms with van der Waals surface area (Å²) in [7, 11) is 0. The van der Waals surface area contributed by atoms with E-state index in [4.69, 9.17) is 5.73 Å².